The monoisotopic (exact) mass is 240 g/mol. The minimum Gasteiger partial charge on any atom is -0.375 e. The van der Waals surface area contributed by atoms with Crippen molar-refractivity contribution in [3.05, 3.63) is 15.5 Å². The number of aryl methyl sites for hydroxylation is 1. The molecule has 16 heavy (non-hydrogen) atoms. The number of nitrogen functional groups attached to an aromatic ring is 1. The minimum absolute atomic E-state index is 0.227. The highest BCUT2D eigenvalue weighted by Gasteiger charge is 2.26. The second-order valence-electron chi connectivity index (χ2n) is 4.06. The molecule has 0 spiro atoms. The third kappa shape index (κ3) is 2.16. The Balaban J connectivity index is 2.08. The largest absolute Gasteiger partial charge is 0.375 e. The van der Waals surface area contributed by atoms with Gasteiger partial charge in [0.2, 0.25) is 0 Å². The number of nitrogens with zero attached hydrogens (tertiary/aromatic N) is 3. The number of hydrogen-bond donors (Lipinski definition) is 1. The number of fused-ring (bicyclic) bond motifs is 1. The first kappa shape index (κ1) is 11.3. The smallest absolute Gasteiger partial charge is 0.180 e. The summed E-state index contributed by atoms with van der Waals surface area (Å²) in [6.45, 7) is 2.79. The van der Waals surface area contributed by atoms with E-state index in [0.29, 0.717) is 5.13 Å². The Labute approximate surface area is 98.6 Å². The number of hydrogen-bond acceptors (Lipinski definition) is 5. The number of aromatic nitrogens is 1. The molecule has 1 aromatic rings. The summed E-state index contributed by atoms with van der Waals surface area (Å²) in [4.78, 5) is 16.3. The van der Waals surface area contributed by atoms with Gasteiger partial charge >= 0.3 is 0 Å². The van der Waals surface area contributed by atoms with Gasteiger partial charge in [0.1, 0.15) is 0 Å². The molecule has 1 aliphatic carbocycles. The average Bonchev–Trinajstić information content (AvgIpc) is 2.64. The number of nitrogens with two attached hydrogens (primary N) is 1. The van der Waals surface area contributed by atoms with Crippen LogP contribution in [0.4, 0.5) is 5.13 Å². The lowest BCUT2D eigenvalue weighted by molar-refractivity contribution is 0.185. The molecule has 0 aromatic carbocycles. The van der Waals surface area contributed by atoms with E-state index in [1.54, 1.807) is 5.01 Å². The van der Waals surface area contributed by atoms with Crippen LogP contribution in [0.25, 0.3) is 0 Å². The van der Waals surface area contributed by atoms with E-state index in [2.05, 4.69) is 17.2 Å². The zero-order valence-corrected chi connectivity index (χ0v) is 10.2. The summed E-state index contributed by atoms with van der Waals surface area (Å²) in [6.07, 6.45) is 3.65. The molecule has 1 aromatic heterocycles. The fourth-order valence-electron chi connectivity index (χ4n) is 2.15. The summed E-state index contributed by atoms with van der Waals surface area (Å²) in [7, 11) is 0. The van der Waals surface area contributed by atoms with Crippen molar-refractivity contribution in [3.63, 3.8) is 0 Å². The van der Waals surface area contributed by atoms with Crippen LogP contribution in [0.15, 0.2) is 5.29 Å². The fourth-order valence-corrected chi connectivity index (χ4v) is 3.10. The Bertz CT molecular complexity index is 379. The summed E-state index contributed by atoms with van der Waals surface area (Å²) in [5.41, 5.74) is 6.79. The van der Waals surface area contributed by atoms with E-state index in [0.717, 1.165) is 37.9 Å². The number of rotatable bonds is 4. The summed E-state index contributed by atoms with van der Waals surface area (Å²) < 4.78 is 0. The van der Waals surface area contributed by atoms with E-state index in [1.165, 1.54) is 16.2 Å². The predicted octanol–water partition coefficient (Wildman–Crippen LogP) is 1.98. The van der Waals surface area contributed by atoms with E-state index >= 15 is 0 Å². The third-order valence-corrected chi connectivity index (χ3v) is 3.86. The highest BCUT2D eigenvalue weighted by molar-refractivity contribution is 7.15. The molecule has 0 saturated heterocycles. The van der Waals surface area contributed by atoms with Crippen molar-refractivity contribution in [1.82, 2.24) is 9.99 Å². The zero-order valence-electron chi connectivity index (χ0n) is 9.35. The Hall–Kier alpha value is -1.17. The molecule has 5 nitrogen and oxygen atoms in total. The number of anilines is 1. The molecular formula is C10H16N4OS. The van der Waals surface area contributed by atoms with Crippen LogP contribution >= 0.6 is 11.3 Å². The van der Waals surface area contributed by atoms with Crippen molar-refractivity contribution in [2.45, 2.75) is 38.6 Å². The Morgan fingerprint density at radius 2 is 2.50 bits per heavy atom. The van der Waals surface area contributed by atoms with Crippen molar-refractivity contribution in [1.29, 1.82) is 0 Å². The molecule has 0 bridgehead atoms. The Morgan fingerprint density at radius 1 is 1.69 bits per heavy atom. The lowest BCUT2D eigenvalue weighted by atomic mass is 9.97. The molecule has 0 radical (unpaired) electrons. The summed E-state index contributed by atoms with van der Waals surface area (Å²) in [5.74, 6) is 0. The van der Waals surface area contributed by atoms with E-state index in [1.807, 2.05) is 0 Å². The fraction of sp³-hybridized carbons (Fsp3) is 0.700. The SMILES string of the molecule is CCCN(N=O)[C@H]1CCc2nc(N)sc2C1. The maximum absolute atomic E-state index is 10.8. The first-order chi connectivity index (χ1) is 7.74. The number of thiazole rings is 1. The van der Waals surface area contributed by atoms with Crippen molar-refractivity contribution in [3.8, 4) is 0 Å². The van der Waals surface area contributed by atoms with Gasteiger partial charge in [0, 0.05) is 17.8 Å². The average molecular weight is 240 g/mol. The molecule has 0 unspecified atom stereocenters. The maximum atomic E-state index is 10.8. The molecule has 1 heterocycles. The van der Waals surface area contributed by atoms with Crippen molar-refractivity contribution in [2.24, 2.45) is 5.29 Å². The van der Waals surface area contributed by atoms with Crippen molar-refractivity contribution >= 4 is 16.5 Å². The van der Waals surface area contributed by atoms with Crippen LogP contribution in [0.2, 0.25) is 0 Å². The van der Waals surface area contributed by atoms with Gasteiger partial charge in [0.25, 0.3) is 0 Å². The van der Waals surface area contributed by atoms with Crippen LogP contribution < -0.4 is 5.73 Å². The molecule has 0 aliphatic heterocycles. The van der Waals surface area contributed by atoms with Gasteiger partial charge < -0.3 is 5.73 Å². The van der Waals surface area contributed by atoms with Gasteiger partial charge in [-0.1, -0.05) is 6.92 Å². The first-order valence-electron chi connectivity index (χ1n) is 5.58. The quantitative estimate of drug-likeness (QED) is 0.645. The van der Waals surface area contributed by atoms with E-state index in [-0.39, 0.29) is 6.04 Å². The van der Waals surface area contributed by atoms with Crippen LogP contribution in [-0.2, 0) is 12.8 Å². The van der Waals surface area contributed by atoms with E-state index < -0.39 is 0 Å². The lowest BCUT2D eigenvalue weighted by Gasteiger charge is -2.28. The molecule has 2 N–H and O–H groups in total. The van der Waals surface area contributed by atoms with Crippen molar-refractivity contribution < 1.29 is 0 Å². The van der Waals surface area contributed by atoms with Gasteiger partial charge in [-0.25, -0.2) is 4.98 Å². The van der Waals surface area contributed by atoms with Gasteiger partial charge in [-0.3, -0.25) is 5.01 Å². The molecule has 88 valence electrons. The highest BCUT2D eigenvalue weighted by atomic mass is 32.1. The number of nitroso groups, excluding NO2 is 1. The third-order valence-electron chi connectivity index (χ3n) is 2.91. The van der Waals surface area contributed by atoms with Crippen LogP contribution in [0.5, 0.6) is 0 Å². The lowest BCUT2D eigenvalue weighted by Crippen LogP contribution is -2.35. The summed E-state index contributed by atoms with van der Waals surface area (Å²) in [6, 6.07) is 0.227. The highest BCUT2D eigenvalue weighted by Crippen LogP contribution is 2.30. The van der Waals surface area contributed by atoms with Crippen LogP contribution in [0, 0.1) is 4.91 Å². The normalized spacial score (nSPS) is 19.2. The van der Waals surface area contributed by atoms with Gasteiger partial charge in [0.05, 0.1) is 17.0 Å². The zero-order chi connectivity index (χ0) is 11.5. The van der Waals surface area contributed by atoms with Gasteiger partial charge in [0.15, 0.2) is 5.13 Å². The predicted molar refractivity (Wildman–Crippen MR) is 65.1 cm³/mol. The Kier molecular flexibility index (Phi) is 3.38. The van der Waals surface area contributed by atoms with Gasteiger partial charge in [-0.2, -0.15) is 0 Å². The second-order valence-corrected chi connectivity index (χ2v) is 5.18. The van der Waals surface area contributed by atoms with E-state index in [9.17, 15) is 4.91 Å². The van der Waals surface area contributed by atoms with Crippen LogP contribution in [0.1, 0.15) is 30.3 Å². The molecular weight excluding hydrogens is 224 g/mol. The molecule has 6 heteroatoms. The van der Waals surface area contributed by atoms with Gasteiger partial charge in [-0.15, -0.1) is 16.2 Å². The Morgan fingerprint density at radius 3 is 3.19 bits per heavy atom. The van der Waals surface area contributed by atoms with E-state index in [4.69, 9.17) is 5.73 Å². The molecule has 0 saturated carbocycles. The minimum atomic E-state index is 0.227. The molecule has 2 rings (SSSR count). The topological polar surface area (TPSA) is 71.6 Å². The maximum Gasteiger partial charge on any atom is 0.180 e. The van der Waals surface area contributed by atoms with Crippen molar-refractivity contribution in [2.75, 3.05) is 12.3 Å². The molecule has 0 fully saturated rings. The molecule has 1 atom stereocenters. The molecule has 0 amide bonds. The standard InChI is InChI=1S/C10H16N4OS/c1-2-5-14(13-15)7-3-4-8-9(6-7)16-10(11)12-8/h7H,2-6H2,1H3,(H2,11,12)/t7-/m0/s1. The van der Waals surface area contributed by atoms with Gasteiger partial charge in [-0.05, 0) is 19.3 Å². The van der Waals surface area contributed by atoms with Crippen LogP contribution in [-0.4, -0.2) is 22.6 Å². The van der Waals surface area contributed by atoms with Crippen LogP contribution in [0.3, 0.4) is 0 Å². The second kappa shape index (κ2) is 4.78. The summed E-state index contributed by atoms with van der Waals surface area (Å²) >= 11 is 1.54. The first-order valence-corrected chi connectivity index (χ1v) is 6.40. The molecule has 1 aliphatic rings. The summed E-state index contributed by atoms with van der Waals surface area (Å²) in [5, 5.41) is 5.41.